The summed E-state index contributed by atoms with van der Waals surface area (Å²) >= 11 is 0. The Labute approximate surface area is 244 Å². The molecule has 0 unspecified atom stereocenters. The maximum atomic E-state index is 13.8. The Bertz CT molecular complexity index is 1610. The fourth-order valence-corrected chi connectivity index (χ4v) is 5.52. The number of fused-ring (bicyclic) bond motifs is 1. The Balaban J connectivity index is 1.63. The molecule has 1 heterocycles. The molecule has 43 heavy (non-hydrogen) atoms. The van der Waals surface area contributed by atoms with Gasteiger partial charge in [0.1, 0.15) is 23.3 Å². The number of halogens is 4. The number of sulfonamides is 1. The molecule has 0 saturated carbocycles. The monoisotopic (exact) mass is 625 g/mol. The predicted octanol–water partition coefficient (Wildman–Crippen LogP) is 5.65. The Morgan fingerprint density at radius 2 is 1.72 bits per heavy atom. The van der Waals surface area contributed by atoms with Gasteiger partial charge in [-0.05, 0) is 81.4 Å². The molecule has 2 N–H and O–H groups in total. The zero-order valence-corrected chi connectivity index (χ0v) is 23.9. The summed E-state index contributed by atoms with van der Waals surface area (Å²) in [7, 11) is -4.65. The zero-order chi connectivity index (χ0) is 31.6. The molecular weight excluding hydrogens is 598 g/mol. The molecule has 0 saturated heterocycles. The number of benzene rings is 3. The number of rotatable bonds is 7. The van der Waals surface area contributed by atoms with Gasteiger partial charge in [0.2, 0.25) is 0 Å². The number of hydroxylamine groups is 1. The molecule has 10 nitrogen and oxygen atoms in total. The number of hydrogen-bond donors (Lipinski definition) is 2. The van der Waals surface area contributed by atoms with Gasteiger partial charge in [0.05, 0.1) is 29.1 Å². The molecule has 0 radical (unpaired) electrons. The summed E-state index contributed by atoms with van der Waals surface area (Å²) in [6.45, 7) is 4.47. The van der Waals surface area contributed by atoms with Gasteiger partial charge in [-0.15, -0.1) is 0 Å². The van der Waals surface area contributed by atoms with Gasteiger partial charge in [-0.3, -0.25) is 14.4 Å². The third kappa shape index (κ3) is 8.06. The summed E-state index contributed by atoms with van der Waals surface area (Å²) < 4.78 is 92.7. The number of anilines is 2. The number of amides is 2. The number of carbonyl (C=O) groups excluding carboxylic acids is 2. The number of carbonyl (C=O) groups is 2. The van der Waals surface area contributed by atoms with E-state index in [2.05, 4.69) is 10.8 Å². The van der Waals surface area contributed by atoms with Crippen molar-refractivity contribution < 1.29 is 49.9 Å². The van der Waals surface area contributed by atoms with Crippen molar-refractivity contribution in [1.82, 2.24) is 5.48 Å². The second-order valence-corrected chi connectivity index (χ2v) is 12.3. The molecule has 0 aliphatic carbocycles. The van der Waals surface area contributed by atoms with Crippen molar-refractivity contribution >= 4 is 33.4 Å². The van der Waals surface area contributed by atoms with Crippen LogP contribution in [0.4, 0.5) is 33.7 Å². The van der Waals surface area contributed by atoms with E-state index in [0.717, 1.165) is 34.6 Å². The Morgan fingerprint density at radius 1 is 1.02 bits per heavy atom. The van der Waals surface area contributed by atoms with Gasteiger partial charge in [0.15, 0.2) is 5.75 Å². The van der Waals surface area contributed by atoms with E-state index in [9.17, 15) is 35.6 Å². The van der Waals surface area contributed by atoms with Gasteiger partial charge in [-0.25, -0.2) is 17.6 Å². The van der Waals surface area contributed by atoms with E-state index in [1.54, 1.807) is 20.8 Å². The molecule has 0 fully saturated rings. The average Bonchev–Trinajstić information content (AvgIpc) is 2.91. The first-order valence-corrected chi connectivity index (χ1v) is 14.2. The molecule has 0 aromatic heterocycles. The second kappa shape index (κ2) is 12.0. The molecule has 230 valence electrons. The van der Waals surface area contributed by atoms with E-state index in [1.165, 1.54) is 30.3 Å². The Kier molecular flexibility index (Phi) is 8.76. The lowest BCUT2D eigenvalue weighted by Crippen LogP contribution is -2.45. The quantitative estimate of drug-likeness (QED) is 0.257. The second-order valence-electron chi connectivity index (χ2n) is 10.4. The molecular formula is C28H27F4N3O7S. The third-order valence-corrected chi connectivity index (χ3v) is 7.57. The smallest absolute Gasteiger partial charge is 0.416 e. The van der Waals surface area contributed by atoms with Crippen molar-refractivity contribution in [1.29, 1.82) is 0 Å². The van der Waals surface area contributed by atoms with Crippen LogP contribution in [0, 0.1) is 5.82 Å². The van der Waals surface area contributed by atoms with E-state index >= 15 is 0 Å². The highest BCUT2D eigenvalue weighted by Gasteiger charge is 2.38. The van der Waals surface area contributed by atoms with Crippen molar-refractivity contribution in [3.8, 4) is 11.5 Å². The van der Waals surface area contributed by atoms with Crippen LogP contribution in [-0.4, -0.2) is 38.7 Å². The topological polar surface area (TPSA) is 123 Å². The van der Waals surface area contributed by atoms with E-state index in [1.807, 2.05) is 0 Å². The average molecular weight is 626 g/mol. The Morgan fingerprint density at radius 3 is 2.37 bits per heavy atom. The molecule has 0 spiro atoms. The van der Waals surface area contributed by atoms with Crippen LogP contribution in [-0.2, 0) is 25.7 Å². The molecule has 1 atom stereocenters. The normalized spacial score (nSPS) is 15.1. The first-order valence-electron chi connectivity index (χ1n) is 12.7. The minimum absolute atomic E-state index is 0.0196. The van der Waals surface area contributed by atoms with Crippen LogP contribution >= 0.6 is 0 Å². The van der Waals surface area contributed by atoms with Crippen molar-refractivity contribution in [3.63, 3.8) is 0 Å². The SMILES string of the molecule is CC(C)(C)OC(=O)Nc1ccc2c(c1)N(S(=O)(=O)c1cccc(C(F)(F)F)c1)C[C@H](CC(=O)NOc1ccc(F)cc1)O2. The number of nitrogens with one attached hydrogen (secondary N) is 2. The van der Waals surface area contributed by atoms with Crippen molar-refractivity contribution in [3.05, 3.63) is 78.1 Å². The van der Waals surface area contributed by atoms with E-state index < -0.39 is 69.1 Å². The molecule has 3 aromatic carbocycles. The molecule has 15 heteroatoms. The summed E-state index contributed by atoms with van der Waals surface area (Å²) in [5.41, 5.74) is 0.181. The third-order valence-electron chi connectivity index (χ3n) is 5.79. The minimum Gasteiger partial charge on any atom is -0.486 e. The van der Waals surface area contributed by atoms with Crippen LogP contribution in [0.3, 0.4) is 0 Å². The highest BCUT2D eigenvalue weighted by molar-refractivity contribution is 7.92. The minimum atomic E-state index is -4.80. The number of hydrogen-bond acceptors (Lipinski definition) is 7. The van der Waals surface area contributed by atoms with Gasteiger partial charge in [0.25, 0.3) is 15.9 Å². The van der Waals surface area contributed by atoms with E-state index in [-0.39, 0.29) is 22.9 Å². The van der Waals surface area contributed by atoms with E-state index in [0.29, 0.717) is 6.07 Å². The molecule has 1 aliphatic heterocycles. The van der Waals surface area contributed by atoms with E-state index in [4.69, 9.17) is 14.3 Å². The van der Waals surface area contributed by atoms with Crippen LogP contribution in [0.2, 0.25) is 0 Å². The summed E-state index contributed by atoms with van der Waals surface area (Å²) in [6.07, 6.45) is -7.15. The fraction of sp³-hybridized carbons (Fsp3) is 0.286. The number of nitrogens with zero attached hydrogens (tertiary/aromatic N) is 1. The number of ether oxygens (including phenoxy) is 2. The first kappa shape index (κ1) is 31.4. The number of alkyl halides is 3. The Hall–Kier alpha value is -4.53. The van der Waals surface area contributed by atoms with Gasteiger partial charge in [-0.2, -0.15) is 18.7 Å². The van der Waals surface area contributed by atoms with Crippen molar-refractivity contribution in [2.45, 2.75) is 50.0 Å². The molecule has 0 bridgehead atoms. The molecule has 2 amide bonds. The highest BCUT2D eigenvalue weighted by atomic mass is 32.2. The summed E-state index contributed by atoms with van der Waals surface area (Å²) in [6, 6.07) is 12.0. The lowest BCUT2D eigenvalue weighted by Gasteiger charge is -2.35. The van der Waals surface area contributed by atoms with Gasteiger partial charge in [-0.1, -0.05) is 6.07 Å². The van der Waals surface area contributed by atoms with Crippen molar-refractivity contribution in [2.75, 3.05) is 16.2 Å². The standard InChI is InChI=1S/C28H27F4N3O7S/c1-27(2,3)41-26(37)33-19-9-12-24-23(14-19)35(43(38,39)22-6-4-5-17(13-22)28(30,31)32)16-21(40-24)15-25(36)34-42-20-10-7-18(29)8-11-20/h4-14,21H,15-16H2,1-3H3,(H,33,37)(H,34,36)/t21-/m0/s1. The summed E-state index contributed by atoms with van der Waals surface area (Å²) in [4.78, 5) is 29.4. The maximum absolute atomic E-state index is 13.8. The highest BCUT2D eigenvalue weighted by Crippen LogP contribution is 2.40. The zero-order valence-electron chi connectivity index (χ0n) is 23.1. The van der Waals surface area contributed by atoms with Crippen LogP contribution < -0.4 is 24.7 Å². The van der Waals surface area contributed by atoms with Crippen LogP contribution in [0.5, 0.6) is 11.5 Å². The van der Waals surface area contributed by atoms with Gasteiger partial charge < -0.3 is 14.3 Å². The lowest BCUT2D eigenvalue weighted by molar-refractivity contribution is -0.137. The summed E-state index contributed by atoms with van der Waals surface area (Å²) in [5.74, 6) is -1.13. The maximum Gasteiger partial charge on any atom is 0.416 e. The predicted molar refractivity (Wildman–Crippen MR) is 146 cm³/mol. The lowest BCUT2D eigenvalue weighted by atomic mass is 10.1. The van der Waals surface area contributed by atoms with Crippen molar-refractivity contribution in [2.24, 2.45) is 0 Å². The van der Waals surface area contributed by atoms with Crippen LogP contribution in [0.25, 0.3) is 0 Å². The van der Waals surface area contributed by atoms with Gasteiger partial charge >= 0.3 is 12.3 Å². The molecule has 3 aromatic rings. The van der Waals surface area contributed by atoms with Gasteiger partial charge in [0, 0.05) is 5.69 Å². The van der Waals surface area contributed by atoms with Crippen LogP contribution in [0.1, 0.15) is 32.8 Å². The first-order chi connectivity index (χ1) is 20.0. The fourth-order valence-electron chi connectivity index (χ4n) is 3.97. The summed E-state index contributed by atoms with van der Waals surface area (Å²) in [5, 5.41) is 2.48. The molecule has 4 rings (SSSR count). The molecule has 1 aliphatic rings. The van der Waals surface area contributed by atoms with Crippen LogP contribution in [0.15, 0.2) is 71.6 Å². The largest absolute Gasteiger partial charge is 0.486 e.